The summed E-state index contributed by atoms with van der Waals surface area (Å²) in [5.41, 5.74) is 0.844. The van der Waals surface area contributed by atoms with E-state index in [4.69, 9.17) is 0 Å². The van der Waals surface area contributed by atoms with Crippen LogP contribution < -0.4 is 0 Å². The van der Waals surface area contributed by atoms with Crippen LogP contribution in [0.15, 0.2) is 24.3 Å². The number of fused-ring (bicyclic) bond motifs is 1. The van der Waals surface area contributed by atoms with Crippen LogP contribution in [0.1, 0.15) is 29.6 Å². The molecule has 1 aromatic rings. The molecule has 1 saturated heterocycles. The van der Waals surface area contributed by atoms with Crippen molar-refractivity contribution in [2.24, 2.45) is 11.8 Å². The average molecular weight is 341 g/mol. The molecule has 0 spiro atoms. The smallest absolute Gasteiger partial charge is 0.253 e. The minimum Gasteiger partial charge on any atom is -0.338 e. The minimum absolute atomic E-state index is 0.220. The summed E-state index contributed by atoms with van der Waals surface area (Å²) in [6.45, 7) is 1.96. The molecule has 1 aromatic carbocycles. The Labute approximate surface area is 116 Å². The lowest BCUT2D eigenvalue weighted by molar-refractivity contribution is 0.0780. The molecule has 0 N–H and O–H groups in total. The van der Waals surface area contributed by atoms with Gasteiger partial charge in [-0.3, -0.25) is 4.79 Å². The third-order valence-corrected chi connectivity index (χ3v) is 4.76. The van der Waals surface area contributed by atoms with Crippen LogP contribution in [0.4, 0.5) is 0 Å². The van der Waals surface area contributed by atoms with Gasteiger partial charge in [0, 0.05) is 22.2 Å². The molecule has 0 bridgehead atoms. The SMILES string of the molecule is O=C(c1cccc(I)c1)N1CC2CCCC2C1. The van der Waals surface area contributed by atoms with Gasteiger partial charge in [-0.1, -0.05) is 12.5 Å². The summed E-state index contributed by atoms with van der Waals surface area (Å²) in [5.74, 6) is 1.78. The fourth-order valence-electron chi connectivity index (χ4n) is 3.20. The van der Waals surface area contributed by atoms with Crippen LogP contribution in [0.3, 0.4) is 0 Å². The molecule has 90 valence electrons. The van der Waals surface area contributed by atoms with Crippen molar-refractivity contribution >= 4 is 28.5 Å². The van der Waals surface area contributed by atoms with Crippen molar-refractivity contribution < 1.29 is 4.79 Å². The molecular formula is C14H16INO. The number of rotatable bonds is 1. The van der Waals surface area contributed by atoms with E-state index in [1.54, 1.807) is 0 Å². The van der Waals surface area contributed by atoms with Gasteiger partial charge in [-0.05, 0) is 65.5 Å². The maximum Gasteiger partial charge on any atom is 0.253 e. The van der Waals surface area contributed by atoms with Gasteiger partial charge in [0.25, 0.3) is 5.91 Å². The lowest BCUT2D eigenvalue weighted by atomic mass is 10.0. The number of halogens is 1. The van der Waals surface area contributed by atoms with Gasteiger partial charge in [0.05, 0.1) is 0 Å². The normalized spacial score (nSPS) is 27.2. The molecule has 3 heteroatoms. The van der Waals surface area contributed by atoms with Crippen molar-refractivity contribution in [2.75, 3.05) is 13.1 Å². The highest BCUT2D eigenvalue weighted by Gasteiger charge is 2.38. The van der Waals surface area contributed by atoms with E-state index in [0.717, 1.165) is 34.1 Å². The Morgan fingerprint density at radius 3 is 2.59 bits per heavy atom. The Morgan fingerprint density at radius 1 is 1.24 bits per heavy atom. The fraction of sp³-hybridized carbons (Fsp3) is 0.500. The minimum atomic E-state index is 0.220. The number of hydrogen-bond acceptors (Lipinski definition) is 1. The fourth-order valence-corrected chi connectivity index (χ4v) is 3.75. The van der Waals surface area contributed by atoms with Gasteiger partial charge in [0.2, 0.25) is 0 Å². The second-order valence-corrected chi connectivity index (χ2v) is 6.42. The highest BCUT2D eigenvalue weighted by molar-refractivity contribution is 14.1. The van der Waals surface area contributed by atoms with Crippen molar-refractivity contribution in [3.63, 3.8) is 0 Å². The van der Waals surface area contributed by atoms with E-state index in [-0.39, 0.29) is 5.91 Å². The van der Waals surface area contributed by atoms with Crippen molar-refractivity contribution in [3.8, 4) is 0 Å². The summed E-state index contributed by atoms with van der Waals surface area (Å²) in [5, 5.41) is 0. The van der Waals surface area contributed by atoms with E-state index in [2.05, 4.69) is 27.5 Å². The second kappa shape index (κ2) is 4.59. The second-order valence-electron chi connectivity index (χ2n) is 5.17. The maximum atomic E-state index is 12.4. The van der Waals surface area contributed by atoms with Crippen LogP contribution in [0.2, 0.25) is 0 Å². The van der Waals surface area contributed by atoms with E-state index in [0.29, 0.717) is 0 Å². The predicted octanol–water partition coefficient (Wildman–Crippen LogP) is 3.16. The summed E-state index contributed by atoms with van der Waals surface area (Å²) in [7, 11) is 0. The number of likely N-dealkylation sites (tertiary alicyclic amines) is 1. The van der Waals surface area contributed by atoms with E-state index in [1.165, 1.54) is 19.3 Å². The molecule has 3 rings (SSSR count). The molecule has 1 heterocycles. The summed E-state index contributed by atoms with van der Waals surface area (Å²) in [4.78, 5) is 14.4. The molecule has 17 heavy (non-hydrogen) atoms. The number of hydrogen-bond donors (Lipinski definition) is 0. The van der Waals surface area contributed by atoms with Crippen LogP contribution in [-0.2, 0) is 0 Å². The molecule has 1 saturated carbocycles. The summed E-state index contributed by atoms with van der Waals surface area (Å²) >= 11 is 2.26. The predicted molar refractivity (Wildman–Crippen MR) is 75.9 cm³/mol. The van der Waals surface area contributed by atoms with Gasteiger partial charge < -0.3 is 4.90 Å². The first kappa shape index (κ1) is 11.5. The van der Waals surface area contributed by atoms with Crippen LogP contribution in [0.25, 0.3) is 0 Å². The van der Waals surface area contributed by atoms with Crippen LogP contribution in [0.5, 0.6) is 0 Å². The van der Waals surface area contributed by atoms with Crippen LogP contribution in [-0.4, -0.2) is 23.9 Å². The van der Waals surface area contributed by atoms with Gasteiger partial charge in [0.15, 0.2) is 0 Å². The van der Waals surface area contributed by atoms with Crippen molar-refractivity contribution in [1.29, 1.82) is 0 Å². The van der Waals surface area contributed by atoms with Gasteiger partial charge in [0.1, 0.15) is 0 Å². The van der Waals surface area contributed by atoms with Crippen LogP contribution >= 0.6 is 22.6 Å². The lowest BCUT2D eigenvalue weighted by Crippen LogP contribution is -2.29. The zero-order valence-corrected chi connectivity index (χ0v) is 11.9. The molecular weight excluding hydrogens is 325 g/mol. The summed E-state index contributed by atoms with van der Waals surface area (Å²) in [6, 6.07) is 7.90. The maximum absolute atomic E-state index is 12.4. The molecule has 2 atom stereocenters. The van der Waals surface area contributed by atoms with Gasteiger partial charge in [-0.25, -0.2) is 0 Å². The van der Waals surface area contributed by atoms with Gasteiger partial charge in [-0.2, -0.15) is 0 Å². The summed E-state index contributed by atoms with van der Waals surface area (Å²) < 4.78 is 1.13. The molecule has 2 fully saturated rings. The Balaban J connectivity index is 1.75. The molecule has 1 aliphatic carbocycles. The van der Waals surface area contributed by atoms with Crippen LogP contribution in [0, 0.1) is 15.4 Å². The van der Waals surface area contributed by atoms with Gasteiger partial charge >= 0.3 is 0 Å². The lowest BCUT2D eigenvalue weighted by Gasteiger charge is -2.17. The molecule has 1 aliphatic heterocycles. The zero-order chi connectivity index (χ0) is 11.8. The Bertz CT molecular complexity index is 434. The highest BCUT2D eigenvalue weighted by Crippen LogP contribution is 2.38. The third kappa shape index (κ3) is 2.21. The molecule has 2 aliphatic rings. The number of amides is 1. The molecule has 0 aromatic heterocycles. The summed E-state index contributed by atoms with van der Waals surface area (Å²) in [6.07, 6.45) is 4.00. The molecule has 2 nitrogen and oxygen atoms in total. The largest absolute Gasteiger partial charge is 0.338 e. The van der Waals surface area contributed by atoms with Crippen molar-refractivity contribution in [3.05, 3.63) is 33.4 Å². The third-order valence-electron chi connectivity index (χ3n) is 4.09. The first-order chi connectivity index (χ1) is 8.24. The Morgan fingerprint density at radius 2 is 1.94 bits per heavy atom. The molecule has 1 amide bonds. The Kier molecular flexibility index (Phi) is 3.11. The van der Waals surface area contributed by atoms with E-state index in [9.17, 15) is 4.79 Å². The Hall–Kier alpha value is -0.580. The number of nitrogens with zero attached hydrogens (tertiary/aromatic N) is 1. The average Bonchev–Trinajstić information content (AvgIpc) is 2.88. The monoisotopic (exact) mass is 341 g/mol. The first-order valence-corrected chi connectivity index (χ1v) is 7.37. The number of carbonyl (C=O) groups is 1. The standard InChI is InChI=1S/C14H16INO/c15-13-6-2-3-10(7-13)14(17)16-8-11-4-1-5-12(11)9-16/h2-3,6-7,11-12H,1,4-5,8-9H2. The van der Waals surface area contributed by atoms with Crippen molar-refractivity contribution in [1.82, 2.24) is 4.90 Å². The first-order valence-electron chi connectivity index (χ1n) is 6.29. The molecule has 0 radical (unpaired) electrons. The van der Waals surface area contributed by atoms with Gasteiger partial charge in [-0.15, -0.1) is 0 Å². The van der Waals surface area contributed by atoms with E-state index < -0.39 is 0 Å². The number of benzene rings is 1. The van der Waals surface area contributed by atoms with Crippen molar-refractivity contribution in [2.45, 2.75) is 19.3 Å². The zero-order valence-electron chi connectivity index (χ0n) is 9.73. The topological polar surface area (TPSA) is 20.3 Å². The molecule has 2 unspecified atom stereocenters. The van der Waals surface area contributed by atoms with E-state index >= 15 is 0 Å². The van der Waals surface area contributed by atoms with E-state index in [1.807, 2.05) is 24.3 Å². The number of carbonyl (C=O) groups excluding carboxylic acids is 1. The quantitative estimate of drug-likeness (QED) is 0.719. The highest BCUT2D eigenvalue weighted by atomic mass is 127.